The fourth-order valence-electron chi connectivity index (χ4n) is 1.68. The van der Waals surface area contributed by atoms with Gasteiger partial charge in [-0.25, -0.2) is 0 Å². The molecule has 1 atom stereocenters. The Bertz CT molecular complexity index is 460. The predicted octanol–water partition coefficient (Wildman–Crippen LogP) is 0.820. The van der Waals surface area contributed by atoms with Crippen molar-refractivity contribution in [3.8, 4) is 0 Å². The Morgan fingerprint density at radius 1 is 1.19 bits per heavy atom. The fraction of sp³-hybridized carbons (Fsp3) is 0.455. The van der Waals surface area contributed by atoms with Crippen molar-refractivity contribution in [2.24, 2.45) is 14.1 Å². The number of rotatable bonds is 4. The number of aryl methyl sites for hydroxylation is 3. The van der Waals surface area contributed by atoms with Gasteiger partial charge in [-0.15, -0.1) is 0 Å². The van der Waals surface area contributed by atoms with Crippen LogP contribution in [0.3, 0.4) is 0 Å². The molecule has 5 heteroatoms. The number of hydrogen-bond acceptors (Lipinski definition) is 3. The van der Waals surface area contributed by atoms with Crippen LogP contribution in [0.25, 0.3) is 0 Å². The van der Waals surface area contributed by atoms with Crippen molar-refractivity contribution in [3.05, 3.63) is 35.9 Å². The van der Waals surface area contributed by atoms with Gasteiger partial charge in [0.2, 0.25) is 0 Å². The summed E-state index contributed by atoms with van der Waals surface area (Å²) < 4.78 is 3.47. The molecule has 1 unspecified atom stereocenters. The molecule has 0 fully saturated rings. The van der Waals surface area contributed by atoms with Crippen molar-refractivity contribution in [1.82, 2.24) is 19.6 Å². The van der Waals surface area contributed by atoms with Crippen LogP contribution in [0.5, 0.6) is 0 Å². The van der Waals surface area contributed by atoms with Crippen molar-refractivity contribution < 1.29 is 5.11 Å². The maximum atomic E-state index is 9.92. The van der Waals surface area contributed by atoms with Crippen LogP contribution in [0.4, 0.5) is 0 Å². The molecular formula is C11H16N4O. The number of aliphatic hydroxyl groups excluding tert-OH is 1. The van der Waals surface area contributed by atoms with E-state index in [1.54, 1.807) is 15.6 Å². The molecule has 0 aliphatic carbocycles. The molecule has 0 amide bonds. The van der Waals surface area contributed by atoms with Gasteiger partial charge in [0.15, 0.2) is 0 Å². The molecule has 2 aromatic heterocycles. The normalized spacial score (nSPS) is 12.9. The summed E-state index contributed by atoms with van der Waals surface area (Å²) in [6.45, 7) is 0. The smallest absolute Gasteiger partial charge is 0.0823 e. The van der Waals surface area contributed by atoms with Crippen LogP contribution in [0.1, 0.15) is 23.7 Å². The van der Waals surface area contributed by atoms with Gasteiger partial charge in [-0.1, -0.05) is 0 Å². The van der Waals surface area contributed by atoms with E-state index in [0.29, 0.717) is 6.42 Å². The van der Waals surface area contributed by atoms with E-state index >= 15 is 0 Å². The minimum atomic E-state index is -0.450. The van der Waals surface area contributed by atoms with Crippen LogP contribution >= 0.6 is 0 Å². The predicted molar refractivity (Wildman–Crippen MR) is 59.7 cm³/mol. The zero-order valence-electron chi connectivity index (χ0n) is 9.54. The van der Waals surface area contributed by atoms with Crippen molar-refractivity contribution >= 4 is 0 Å². The van der Waals surface area contributed by atoms with Gasteiger partial charge in [0.1, 0.15) is 0 Å². The number of hydrogen-bond donors (Lipinski definition) is 1. The summed E-state index contributed by atoms with van der Waals surface area (Å²) in [5.41, 5.74) is 2.01. The van der Waals surface area contributed by atoms with E-state index in [0.717, 1.165) is 17.5 Å². The molecule has 0 aromatic carbocycles. The molecule has 2 rings (SSSR count). The lowest BCUT2D eigenvalue weighted by molar-refractivity contribution is 0.168. The van der Waals surface area contributed by atoms with Crippen LogP contribution in [-0.4, -0.2) is 24.7 Å². The van der Waals surface area contributed by atoms with E-state index in [-0.39, 0.29) is 0 Å². The van der Waals surface area contributed by atoms with Crippen molar-refractivity contribution in [1.29, 1.82) is 0 Å². The Kier molecular flexibility index (Phi) is 3.05. The van der Waals surface area contributed by atoms with Gasteiger partial charge in [-0.2, -0.15) is 10.2 Å². The molecule has 2 aromatic rings. The van der Waals surface area contributed by atoms with Gasteiger partial charge >= 0.3 is 0 Å². The van der Waals surface area contributed by atoms with Crippen LogP contribution in [0.2, 0.25) is 0 Å². The molecule has 0 spiro atoms. The molecule has 16 heavy (non-hydrogen) atoms. The first kappa shape index (κ1) is 10.9. The summed E-state index contributed by atoms with van der Waals surface area (Å²) in [6, 6.07) is 0. The molecule has 5 nitrogen and oxygen atoms in total. The van der Waals surface area contributed by atoms with Crippen molar-refractivity contribution in [3.63, 3.8) is 0 Å². The average molecular weight is 220 g/mol. The first-order chi connectivity index (χ1) is 7.65. The highest BCUT2D eigenvalue weighted by Gasteiger charge is 2.09. The Morgan fingerprint density at radius 3 is 2.44 bits per heavy atom. The second-order valence-corrected chi connectivity index (χ2v) is 4.02. The van der Waals surface area contributed by atoms with Crippen LogP contribution in [0.15, 0.2) is 24.8 Å². The third-order valence-electron chi connectivity index (χ3n) is 2.57. The Labute approximate surface area is 94.3 Å². The summed E-state index contributed by atoms with van der Waals surface area (Å²) in [4.78, 5) is 0. The molecule has 0 aliphatic heterocycles. The van der Waals surface area contributed by atoms with Gasteiger partial charge in [-0.05, 0) is 18.4 Å². The maximum Gasteiger partial charge on any atom is 0.0823 e. The SMILES string of the molecule is Cn1cc(CCC(O)c2cnn(C)c2)cn1. The minimum Gasteiger partial charge on any atom is -0.388 e. The lowest BCUT2D eigenvalue weighted by Crippen LogP contribution is -1.98. The topological polar surface area (TPSA) is 55.9 Å². The standard InChI is InChI=1S/C11H16N4O/c1-14-7-9(5-12-14)3-4-11(16)10-6-13-15(2)8-10/h5-8,11,16H,3-4H2,1-2H3. The second-order valence-electron chi connectivity index (χ2n) is 4.02. The molecule has 0 bridgehead atoms. The molecular weight excluding hydrogens is 204 g/mol. The number of nitrogens with zero attached hydrogens (tertiary/aromatic N) is 4. The Balaban J connectivity index is 1.91. The summed E-state index contributed by atoms with van der Waals surface area (Å²) >= 11 is 0. The van der Waals surface area contributed by atoms with E-state index in [1.807, 2.05) is 32.7 Å². The van der Waals surface area contributed by atoms with E-state index in [2.05, 4.69) is 10.2 Å². The van der Waals surface area contributed by atoms with Gasteiger partial charge in [0.25, 0.3) is 0 Å². The molecule has 0 radical (unpaired) electrons. The molecule has 2 heterocycles. The highest BCUT2D eigenvalue weighted by atomic mass is 16.3. The van der Waals surface area contributed by atoms with Gasteiger partial charge in [-0.3, -0.25) is 9.36 Å². The second kappa shape index (κ2) is 4.49. The Morgan fingerprint density at radius 2 is 1.88 bits per heavy atom. The quantitative estimate of drug-likeness (QED) is 0.830. The minimum absolute atomic E-state index is 0.450. The van der Waals surface area contributed by atoms with Gasteiger partial charge in [0, 0.05) is 32.1 Å². The third-order valence-corrected chi connectivity index (χ3v) is 2.57. The number of aliphatic hydroxyl groups is 1. The third kappa shape index (κ3) is 2.49. The van der Waals surface area contributed by atoms with Gasteiger partial charge in [0.05, 0.1) is 18.5 Å². The summed E-state index contributed by atoms with van der Waals surface area (Å²) in [5, 5.41) is 18.0. The van der Waals surface area contributed by atoms with Gasteiger partial charge < -0.3 is 5.11 Å². The van der Waals surface area contributed by atoms with Crippen LogP contribution in [-0.2, 0) is 20.5 Å². The zero-order valence-corrected chi connectivity index (χ0v) is 9.54. The van der Waals surface area contributed by atoms with Crippen molar-refractivity contribution in [2.45, 2.75) is 18.9 Å². The first-order valence-electron chi connectivity index (χ1n) is 5.29. The van der Waals surface area contributed by atoms with E-state index in [1.165, 1.54) is 0 Å². The molecule has 1 N–H and O–H groups in total. The summed E-state index contributed by atoms with van der Waals surface area (Å²) in [7, 11) is 3.73. The molecule has 0 aliphatic rings. The highest BCUT2D eigenvalue weighted by Crippen LogP contribution is 2.17. The lowest BCUT2D eigenvalue weighted by Gasteiger charge is -2.06. The fourth-order valence-corrected chi connectivity index (χ4v) is 1.68. The summed E-state index contributed by atoms with van der Waals surface area (Å²) in [5.74, 6) is 0. The van der Waals surface area contributed by atoms with Crippen molar-refractivity contribution in [2.75, 3.05) is 0 Å². The van der Waals surface area contributed by atoms with E-state index in [9.17, 15) is 5.11 Å². The monoisotopic (exact) mass is 220 g/mol. The summed E-state index contributed by atoms with van der Waals surface area (Å²) in [6.07, 6.45) is 8.41. The molecule has 86 valence electrons. The lowest BCUT2D eigenvalue weighted by atomic mass is 10.1. The zero-order chi connectivity index (χ0) is 11.5. The van der Waals surface area contributed by atoms with E-state index < -0.39 is 6.10 Å². The molecule has 0 saturated carbocycles. The molecule has 0 saturated heterocycles. The maximum absolute atomic E-state index is 9.92. The first-order valence-corrected chi connectivity index (χ1v) is 5.29. The largest absolute Gasteiger partial charge is 0.388 e. The average Bonchev–Trinajstić information content (AvgIpc) is 2.84. The highest BCUT2D eigenvalue weighted by molar-refractivity contribution is 5.10. The Hall–Kier alpha value is -1.62. The van der Waals surface area contributed by atoms with Crippen LogP contribution in [0, 0.1) is 0 Å². The van der Waals surface area contributed by atoms with E-state index in [4.69, 9.17) is 0 Å². The van der Waals surface area contributed by atoms with Crippen LogP contribution < -0.4 is 0 Å². The number of aromatic nitrogens is 4.